The first-order chi connectivity index (χ1) is 13.5. The molecule has 1 heterocycles. The monoisotopic (exact) mass is 380 g/mol. The summed E-state index contributed by atoms with van der Waals surface area (Å²) in [4.78, 5) is 23.0. The van der Waals surface area contributed by atoms with E-state index >= 15 is 0 Å². The number of aliphatic carboxylic acids is 1. The quantitative estimate of drug-likeness (QED) is 0.689. The van der Waals surface area contributed by atoms with E-state index < -0.39 is 5.97 Å². The van der Waals surface area contributed by atoms with E-state index in [9.17, 15) is 14.0 Å². The number of carbonyl (C=O) groups excluding carboxylic acids is 1. The van der Waals surface area contributed by atoms with Crippen molar-refractivity contribution in [3.05, 3.63) is 77.1 Å². The summed E-state index contributed by atoms with van der Waals surface area (Å²) in [7, 11) is 0. The molecule has 0 spiro atoms. The van der Waals surface area contributed by atoms with Crippen LogP contribution in [0.5, 0.6) is 0 Å². The van der Waals surface area contributed by atoms with Gasteiger partial charge in [-0.1, -0.05) is 24.3 Å². The summed E-state index contributed by atoms with van der Waals surface area (Å²) in [6.45, 7) is 0.0943. The smallest absolute Gasteiger partial charge is 0.305 e. The molecular formula is C22H21FN2O3. The number of carboxylic acid groups (broad SMARTS) is 1. The Morgan fingerprint density at radius 1 is 1.21 bits per heavy atom. The molecular weight excluding hydrogens is 359 g/mol. The van der Waals surface area contributed by atoms with Gasteiger partial charge in [-0.2, -0.15) is 0 Å². The number of nitrogens with one attached hydrogen (secondary N) is 2. The second-order valence-corrected chi connectivity index (χ2v) is 7.23. The number of benzene rings is 2. The average molecular weight is 380 g/mol. The zero-order chi connectivity index (χ0) is 19.7. The molecule has 3 N–H and O–H groups in total. The van der Waals surface area contributed by atoms with Gasteiger partial charge in [0, 0.05) is 23.7 Å². The maximum atomic E-state index is 13.7. The van der Waals surface area contributed by atoms with E-state index in [1.807, 2.05) is 18.2 Å². The molecule has 2 aromatic carbocycles. The third kappa shape index (κ3) is 3.50. The minimum atomic E-state index is -0.947. The van der Waals surface area contributed by atoms with E-state index in [1.165, 1.54) is 6.07 Å². The number of fused-ring (bicyclic) bond motifs is 3. The van der Waals surface area contributed by atoms with Crippen LogP contribution in [0.3, 0.4) is 0 Å². The minimum Gasteiger partial charge on any atom is -0.481 e. The molecule has 6 heteroatoms. The van der Waals surface area contributed by atoms with E-state index in [0.29, 0.717) is 5.56 Å². The fourth-order valence-electron chi connectivity index (χ4n) is 4.15. The maximum absolute atomic E-state index is 13.7. The minimum absolute atomic E-state index is 0.00144. The number of halogens is 1. The Labute approximate surface area is 162 Å². The number of hydrogen-bond acceptors (Lipinski definition) is 3. The number of carboxylic acids is 1. The van der Waals surface area contributed by atoms with E-state index in [1.54, 1.807) is 18.2 Å². The highest BCUT2D eigenvalue weighted by Gasteiger charge is 2.38. The van der Waals surface area contributed by atoms with Crippen LogP contribution in [0.1, 0.15) is 46.3 Å². The second-order valence-electron chi connectivity index (χ2n) is 7.23. The molecule has 1 amide bonds. The van der Waals surface area contributed by atoms with E-state index in [2.05, 4.69) is 22.8 Å². The zero-order valence-corrected chi connectivity index (χ0v) is 15.2. The molecule has 28 heavy (non-hydrogen) atoms. The lowest BCUT2D eigenvalue weighted by molar-refractivity contribution is -0.136. The topological polar surface area (TPSA) is 78.4 Å². The Bertz CT molecular complexity index is 957. The molecule has 3 atom stereocenters. The van der Waals surface area contributed by atoms with Crippen LogP contribution < -0.4 is 10.6 Å². The van der Waals surface area contributed by atoms with Gasteiger partial charge in [0.15, 0.2) is 0 Å². The predicted octanol–water partition coefficient (Wildman–Crippen LogP) is 3.86. The van der Waals surface area contributed by atoms with Gasteiger partial charge in [-0.25, -0.2) is 4.39 Å². The van der Waals surface area contributed by atoms with Crippen LogP contribution in [-0.2, 0) is 4.79 Å². The number of carbonyl (C=O) groups is 2. The van der Waals surface area contributed by atoms with Gasteiger partial charge in [-0.05, 0) is 53.8 Å². The largest absolute Gasteiger partial charge is 0.481 e. The number of allylic oxidation sites excluding steroid dienone is 2. The van der Waals surface area contributed by atoms with Gasteiger partial charge in [0.1, 0.15) is 5.82 Å². The lowest BCUT2D eigenvalue weighted by Gasteiger charge is -2.37. The molecule has 1 aliphatic carbocycles. The van der Waals surface area contributed by atoms with Crippen molar-refractivity contribution < 1.29 is 19.1 Å². The first kappa shape index (κ1) is 18.2. The lowest BCUT2D eigenvalue weighted by atomic mass is 9.76. The van der Waals surface area contributed by atoms with Crippen molar-refractivity contribution in [3.63, 3.8) is 0 Å². The molecule has 2 aliphatic rings. The van der Waals surface area contributed by atoms with Crippen LogP contribution in [0.4, 0.5) is 10.1 Å². The molecule has 0 fully saturated rings. The standard InChI is InChI=1S/C22H21FN2O3/c23-15-4-1-3-13(11-15)21-17-6-2-5-16(17)18-12-14(7-8-19(18)25-21)22(28)24-10-9-20(26)27/h1-5,7-8,11-12,16-17,21,25H,6,9-10H2,(H,24,28)(H,26,27)/t16-,17+,21-/m0/s1. The number of hydrogen-bond donors (Lipinski definition) is 3. The van der Waals surface area contributed by atoms with Crippen molar-refractivity contribution in [1.29, 1.82) is 0 Å². The summed E-state index contributed by atoms with van der Waals surface area (Å²) in [6.07, 6.45) is 5.06. The Morgan fingerprint density at radius 2 is 2.07 bits per heavy atom. The Hall–Kier alpha value is -3.15. The van der Waals surface area contributed by atoms with E-state index in [4.69, 9.17) is 5.11 Å². The number of amides is 1. The van der Waals surface area contributed by atoms with Crippen LogP contribution in [0.15, 0.2) is 54.6 Å². The third-order valence-corrected chi connectivity index (χ3v) is 5.46. The van der Waals surface area contributed by atoms with Crippen LogP contribution in [-0.4, -0.2) is 23.5 Å². The maximum Gasteiger partial charge on any atom is 0.305 e. The van der Waals surface area contributed by atoms with Crippen LogP contribution in [0, 0.1) is 11.7 Å². The molecule has 0 saturated carbocycles. The Morgan fingerprint density at radius 3 is 2.86 bits per heavy atom. The summed E-state index contributed by atoms with van der Waals surface area (Å²) in [5, 5.41) is 14.9. The van der Waals surface area contributed by atoms with Crippen molar-refractivity contribution in [3.8, 4) is 0 Å². The average Bonchev–Trinajstić information content (AvgIpc) is 3.16. The van der Waals surface area contributed by atoms with Gasteiger partial charge in [-0.15, -0.1) is 0 Å². The van der Waals surface area contributed by atoms with Crippen molar-refractivity contribution >= 4 is 17.6 Å². The lowest BCUT2D eigenvalue weighted by Crippen LogP contribution is -2.30. The first-order valence-electron chi connectivity index (χ1n) is 9.35. The van der Waals surface area contributed by atoms with E-state index in [0.717, 1.165) is 23.2 Å². The highest BCUT2D eigenvalue weighted by Crippen LogP contribution is 2.49. The second kappa shape index (κ2) is 7.46. The molecule has 0 bridgehead atoms. The van der Waals surface area contributed by atoms with Crippen molar-refractivity contribution in [2.45, 2.75) is 24.8 Å². The van der Waals surface area contributed by atoms with Crippen molar-refractivity contribution in [2.75, 3.05) is 11.9 Å². The van der Waals surface area contributed by atoms with Crippen LogP contribution >= 0.6 is 0 Å². The first-order valence-corrected chi connectivity index (χ1v) is 9.35. The summed E-state index contributed by atoms with van der Waals surface area (Å²) in [5.41, 5.74) is 3.40. The predicted molar refractivity (Wildman–Crippen MR) is 104 cm³/mol. The van der Waals surface area contributed by atoms with Gasteiger partial charge in [0.25, 0.3) is 5.91 Å². The van der Waals surface area contributed by atoms with Gasteiger partial charge >= 0.3 is 5.97 Å². The molecule has 5 nitrogen and oxygen atoms in total. The molecule has 0 saturated heterocycles. The van der Waals surface area contributed by atoms with Gasteiger partial charge in [0.05, 0.1) is 12.5 Å². The van der Waals surface area contributed by atoms with E-state index in [-0.39, 0.29) is 42.6 Å². The zero-order valence-electron chi connectivity index (χ0n) is 15.2. The van der Waals surface area contributed by atoms with Gasteiger partial charge < -0.3 is 15.7 Å². The van der Waals surface area contributed by atoms with Gasteiger partial charge in [-0.3, -0.25) is 9.59 Å². The molecule has 144 valence electrons. The molecule has 0 aromatic heterocycles. The summed E-state index contributed by atoms with van der Waals surface area (Å²) in [6, 6.07) is 12.1. The van der Waals surface area contributed by atoms with Crippen LogP contribution in [0.25, 0.3) is 0 Å². The Kier molecular flexibility index (Phi) is 4.86. The van der Waals surface area contributed by atoms with Crippen LogP contribution in [0.2, 0.25) is 0 Å². The normalized spacial score (nSPS) is 22.1. The Balaban J connectivity index is 1.60. The molecule has 1 aliphatic heterocycles. The highest BCUT2D eigenvalue weighted by molar-refractivity contribution is 5.95. The fraction of sp³-hybridized carbons (Fsp3) is 0.273. The molecule has 4 rings (SSSR count). The summed E-state index contributed by atoms with van der Waals surface area (Å²) in [5.74, 6) is -1.08. The summed E-state index contributed by atoms with van der Waals surface area (Å²) < 4.78 is 13.7. The fourth-order valence-corrected chi connectivity index (χ4v) is 4.15. The highest BCUT2D eigenvalue weighted by atomic mass is 19.1. The molecule has 2 aromatic rings. The summed E-state index contributed by atoms with van der Waals surface area (Å²) >= 11 is 0. The number of rotatable bonds is 5. The number of anilines is 1. The molecule has 0 radical (unpaired) electrons. The molecule has 0 unspecified atom stereocenters. The van der Waals surface area contributed by atoms with Gasteiger partial charge in [0.2, 0.25) is 0 Å². The van der Waals surface area contributed by atoms with Crippen molar-refractivity contribution in [1.82, 2.24) is 5.32 Å². The van der Waals surface area contributed by atoms with Crippen molar-refractivity contribution in [2.24, 2.45) is 5.92 Å². The SMILES string of the molecule is O=C(O)CCNC(=O)c1ccc2c(c1)[C@H]1C=CC[C@H]1[C@H](c1cccc(F)c1)N2. The third-order valence-electron chi connectivity index (χ3n) is 5.46.